The van der Waals surface area contributed by atoms with Crippen LogP contribution in [0, 0.1) is 5.92 Å². The Morgan fingerprint density at radius 1 is 1.33 bits per heavy atom. The van der Waals surface area contributed by atoms with Crippen LogP contribution >= 0.6 is 11.6 Å². The maximum atomic E-state index is 6.22. The first-order valence-corrected chi connectivity index (χ1v) is 7.30. The molecule has 2 nitrogen and oxygen atoms in total. The Hall–Kier alpha value is -0.570. The summed E-state index contributed by atoms with van der Waals surface area (Å²) in [5.41, 5.74) is 7.41. The number of rotatable bonds is 7. The van der Waals surface area contributed by atoms with Gasteiger partial charge in [-0.1, -0.05) is 30.7 Å². The van der Waals surface area contributed by atoms with Gasteiger partial charge in [0, 0.05) is 17.6 Å². The normalized spacial score (nSPS) is 17.1. The quantitative estimate of drug-likeness (QED) is 0.819. The lowest BCUT2D eigenvalue weighted by molar-refractivity contribution is 0.266. The molecular weight excluding hydrogens is 244 g/mol. The molecule has 0 heterocycles. The third-order valence-electron chi connectivity index (χ3n) is 3.72. The zero-order valence-corrected chi connectivity index (χ0v) is 11.9. The lowest BCUT2D eigenvalue weighted by atomic mass is 10.0. The fourth-order valence-corrected chi connectivity index (χ4v) is 2.37. The van der Waals surface area contributed by atoms with Gasteiger partial charge in [-0.3, -0.25) is 0 Å². The molecule has 1 fully saturated rings. The van der Waals surface area contributed by atoms with Gasteiger partial charge in [0.15, 0.2) is 0 Å². The van der Waals surface area contributed by atoms with Crippen LogP contribution in [0.4, 0.5) is 0 Å². The molecule has 0 saturated heterocycles. The average molecular weight is 267 g/mol. The minimum Gasteiger partial charge on any atom is -0.324 e. The van der Waals surface area contributed by atoms with Crippen LogP contribution in [0.2, 0.25) is 5.02 Å². The van der Waals surface area contributed by atoms with Crippen molar-refractivity contribution in [1.82, 2.24) is 4.90 Å². The van der Waals surface area contributed by atoms with E-state index >= 15 is 0 Å². The number of nitrogens with zero attached hydrogens (tertiary/aromatic N) is 1. The minimum atomic E-state index is 0.121. The van der Waals surface area contributed by atoms with E-state index in [4.69, 9.17) is 17.3 Å². The Labute approximate surface area is 115 Å². The zero-order chi connectivity index (χ0) is 13.0. The number of hydrogen-bond donors (Lipinski definition) is 1. The van der Waals surface area contributed by atoms with Gasteiger partial charge >= 0.3 is 0 Å². The minimum absolute atomic E-state index is 0.121. The maximum Gasteiger partial charge on any atom is 0.0406 e. The fourth-order valence-electron chi connectivity index (χ4n) is 2.24. The highest BCUT2D eigenvalue weighted by Gasteiger charge is 2.23. The van der Waals surface area contributed by atoms with Crippen LogP contribution in [-0.4, -0.2) is 24.5 Å². The van der Waals surface area contributed by atoms with E-state index in [2.05, 4.69) is 11.8 Å². The van der Waals surface area contributed by atoms with E-state index in [9.17, 15) is 0 Å². The molecule has 0 spiro atoms. The Bertz CT molecular complexity index is 359. The zero-order valence-electron chi connectivity index (χ0n) is 11.1. The standard InChI is InChI=1S/C15H23ClN2/c1-2-18(11-12-3-4-12)10-9-15(17)13-5-7-14(16)8-6-13/h5-8,12,15H,2-4,9-11,17H2,1H3. The lowest BCUT2D eigenvalue weighted by Crippen LogP contribution is -2.29. The fraction of sp³-hybridized carbons (Fsp3) is 0.600. The maximum absolute atomic E-state index is 6.22. The van der Waals surface area contributed by atoms with Gasteiger partial charge in [0.1, 0.15) is 0 Å². The van der Waals surface area contributed by atoms with Crippen molar-refractivity contribution in [3.05, 3.63) is 34.9 Å². The molecule has 1 atom stereocenters. The molecule has 1 aliphatic rings. The van der Waals surface area contributed by atoms with E-state index in [1.165, 1.54) is 24.9 Å². The van der Waals surface area contributed by atoms with E-state index in [-0.39, 0.29) is 6.04 Å². The molecule has 0 amide bonds. The molecule has 0 aliphatic heterocycles. The molecule has 1 aromatic carbocycles. The summed E-state index contributed by atoms with van der Waals surface area (Å²) in [7, 11) is 0. The summed E-state index contributed by atoms with van der Waals surface area (Å²) in [6, 6.07) is 8.02. The first-order chi connectivity index (χ1) is 8.69. The van der Waals surface area contributed by atoms with Gasteiger partial charge in [-0.15, -0.1) is 0 Å². The molecule has 0 bridgehead atoms. The van der Waals surface area contributed by atoms with Crippen molar-refractivity contribution in [2.75, 3.05) is 19.6 Å². The van der Waals surface area contributed by atoms with Crippen LogP contribution < -0.4 is 5.73 Å². The second-order valence-corrected chi connectivity index (χ2v) is 5.72. The third-order valence-corrected chi connectivity index (χ3v) is 3.97. The van der Waals surface area contributed by atoms with Crippen molar-refractivity contribution in [3.8, 4) is 0 Å². The topological polar surface area (TPSA) is 29.3 Å². The Morgan fingerprint density at radius 2 is 2.00 bits per heavy atom. The van der Waals surface area contributed by atoms with Crippen molar-refractivity contribution in [1.29, 1.82) is 0 Å². The van der Waals surface area contributed by atoms with Crippen molar-refractivity contribution >= 4 is 11.6 Å². The Morgan fingerprint density at radius 3 is 2.56 bits per heavy atom. The summed E-state index contributed by atoms with van der Waals surface area (Å²) in [5.74, 6) is 0.955. The Balaban J connectivity index is 1.78. The molecule has 2 rings (SSSR count). The molecule has 100 valence electrons. The Kier molecular flexibility index (Phi) is 5.04. The van der Waals surface area contributed by atoms with Gasteiger partial charge in [-0.25, -0.2) is 0 Å². The van der Waals surface area contributed by atoms with Gasteiger partial charge in [0.2, 0.25) is 0 Å². The first-order valence-electron chi connectivity index (χ1n) is 6.92. The van der Waals surface area contributed by atoms with E-state index < -0.39 is 0 Å². The molecule has 18 heavy (non-hydrogen) atoms. The predicted octanol–water partition coefficient (Wildman–Crippen LogP) is 3.46. The summed E-state index contributed by atoms with van der Waals surface area (Å²) in [6.07, 6.45) is 3.85. The molecule has 1 aromatic rings. The van der Waals surface area contributed by atoms with Gasteiger partial charge in [-0.05, 0) is 56.0 Å². The predicted molar refractivity (Wildman–Crippen MR) is 77.8 cm³/mol. The van der Waals surface area contributed by atoms with Crippen molar-refractivity contribution in [3.63, 3.8) is 0 Å². The van der Waals surface area contributed by atoms with Crippen LogP contribution in [-0.2, 0) is 0 Å². The third kappa shape index (κ3) is 4.27. The highest BCUT2D eigenvalue weighted by atomic mass is 35.5. The molecule has 0 aromatic heterocycles. The second-order valence-electron chi connectivity index (χ2n) is 5.28. The van der Waals surface area contributed by atoms with Crippen molar-refractivity contribution in [2.45, 2.75) is 32.2 Å². The number of nitrogens with two attached hydrogens (primary N) is 1. The highest BCUT2D eigenvalue weighted by Crippen LogP contribution is 2.29. The van der Waals surface area contributed by atoms with Gasteiger partial charge in [0.25, 0.3) is 0 Å². The first kappa shape index (κ1) is 13.9. The highest BCUT2D eigenvalue weighted by molar-refractivity contribution is 6.30. The van der Waals surface area contributed by atoms with E-state index in [1.807, 2.05) is 24.3 Å². The monoisotopic (exact) mass is 266 g/mol. The van der Waals surface area contributed by atoms with Crippen molar-refractivity contribution in [2.24, 2.45) is 11.7 Å². The summed E-state index contributed by atoms with van der Waals surface area (Å²) in [4.78, 5) is 2.52. The van der Waals surface area contributed by atoms with E-state index in [0.717, 1.165) is 30.5 Å². The molecule has 2 N–H and O–H groups in total. The summed E-state index contributed by atoms with van der Waals surface area (Å²) < 4.78 is 0. The number of hydrogen-bond acceptors (Lipinski definition) is 2. The largest absolute Gasteiger partial charge is 0.324 e. The molecule has 3 heteroatoms. The lowest BCUT2D eigenvalue weighted by Gasteiger charge is -2.22. The van der Waals surface area contributed by atoms with E-state index in [1.54, 1.807) is 0 Å². The summed E-state index contributed by atoms with van der Waals surface area (Å²) in [5, 5.41) is 0.773. The molecule has 1 aliphatic carbocycles. The van der Waals surface area contributed by atoms with Gasteiger partial charge in [0.05, 0.1) is 0 Å². The smallest absolute Gasteiger partial charge is 0.0406 e. The van der Waals surface area contributed by atoms with Crippen LogP contribution in [0.1, 0.15) is 37.8 Å². The number of halogens is 1. The van der Waals surface area contributed by atoms with Gasteiger partial charge in [-0.2, -0.15) is 0 Å². The van der Waals surface area contributed by atoms with Crippen LogP contribution in [0.25, 0.3) is 0 Å². The number of benzene rings is 1. The summed E-state index contributed by atoms with van der Waals surface area (Å²) in [6.45, 7) is 5.71. The van der Waals surface area contributed by atoms with Crippen LogP contribution in [0.5, 0.6) is 0 Å². The second kappa shape index (κ2) is 6.55. The molecular formula is C15H23ClN2. The van der Waals surface area contributed by atoms with Crippen LogP contribution in [0.15, 0.2) is 24.3 Å². The van der Waals surface area contributed by atoms with Crippen molar-refractivity contribution < 1.29 is 0 Å². The van der Waals surface area contributed by atoms with E-state index in [0.29, 0.717) is 0 Å². The molecule has 1 saturated carbocycles. The van der Waals surface area contributed by atoms with Crippen LogP contribution in [0.3, 0.4) is 0 Å². The summed E-state index contributed by atoms with van der Waals surface area (Å²) >= 11 is 5.88. The average Bonchev–Trinajstić information content (AvgIpc) is 3.18. The molecule has 1 unspecified atom stereocenters. The molecule has 0 radical (unpaired) electrons. The SMILES string of the molecule is CCN(CCC(N)c1ccc(Cl)cc1)CC1CC1. The van der Waals surface area contributed by atoms with Gasteiger partial charge < -0.3 is 10.6 Å².